The molecule has 0 spiro atoms. The highest BCUT2D eigenvalue weighted by Gasteiger charge is 2.23. The van der Waals surface area contributed by atoms with Crippen molar-refractivity contribution in [2.45, 2.75) is 44.6 Å². The summed E-state index contributed by atoms with van der Waals surface area (Å²) in [5.74, 6) is 0.916. The molecule has 0 bridgehead atoms. The van der Waals surface area contributed by atoms with Crippen molar-refractivity contribution in [3.8, 4) is 0 Å². The summed E-state index contributed by atoms with van der Waals surface area (Å²) in [4.78, 5) is 14.9. The van der Waals surface area contributed by atoms with Gasteiger partial charge in [0.2, 0.25) is 0 Å². The van der Waals surface area contributed by atoms with Gasteiger partial charge >= 0.3 is 0 Å². The molecule has 3 aromatic rings. The SMILES string of the molecule is O=C(NC1CCN(c2cc3c(nn2)CCCC3)CC1)c1ccc2n[nH]nc2c1. The number of rotatable bonds is 3. The molecule has 0 saturated carbocycles. The van der Waals surface area contributed by atoms with Crippen LogP contribution in [0.2, 0.25) is 0 Å². The van der Waals surface area contributed by atoms with E-state index in [4.69, 9.17) is 0 Å². The summed E-state index contributed by atoms with van der Waals surface area (Å²) in [6, 6.07) is 7.75. The first-order chi connectivity index (χ1) is 13.8. The molecule has 5 rings (SSSR count). The average Bonchev–Trinajstić information content (AvgIpc) is 3.22. The molecule has 0 radical (unpaired) electrons. The van der Waals surface area contributed by atoms with Gasteiger partial charge in [-0.05, 0) is 68.4 Å². The fourth-order valence-corrected chi connectivity index (χ4v) is 4.14. The van der Waals surface area contributed by atoms with Crippen LogP contribution < -0.4 is 10.2 Å². The molecule has 8 heteroatoms. The molecule has 1 aromatic carbocycles. The lowest BCUT2D eigenvalue weighted by atomic mass is 9.96. The topological polar surface area (TPSA) is 99.7 Å². The number of aryl methyl sites for hydroxylation is 2. The lowest BCUT2D eigenvalue weighted by Gasteiger charge is -2.33. The number of carbonyl (C=O) groups excluding carboxylic acids is 1. The molecule has 8 nitrogen and oxygen atoms in total. The molecule has 1 saturated heterocycles. The maximum Gasteiger partial charge on any atom is 0.251 e. The zero-order chi connectivity index (χ0) is 18.9. The van der Waals surface area contributed by atoms with Crippen LogP contribution >= 0.6 is 0 Å². The molecule has 2 aromatic heterocycles. The summed E-state index contributed by atoms with van der Waals surface area (Å²) in [6.45, 7) is 1.75. The quantitative estimate of drug-likeness (QED) is 0.724. The minimum absolute atomic E-state index is 0.0584. The van der Waals surface area contributed by atoms with Crippen LogP contribution in [0.3, 0.4) is 0 Å². The first-order valence-electron chi connectivity index (χ1n) is 9.98. The molecular weight excluding hydrogens is 354 g/mol. The molecule has 0 unspecified atom stereocenters. The van der Waals surface area contributed by atoms with E-state index in [1.54, 1.807) is 12.1 Å². The van der Waals surface area contributed by atoms with Gasteiger partial charge < -0.3 is 10.2 Å². The Balaban J connectivity index is 1.20. The Bertz CT molecular complexity index is 1010. The monoisotopic (exact) mass is 377 g/mol. The lowest BCUT2D eigenvalue weighted by Crippen LogP contribution is -2.45. The molecule has 1 fully saturated rings. The van der Waals surface area contributed by atoms with Gasteiger partial charge in [0.25, 0.3) is 5.91 Å². The molecule has 1 aliphatic carbocycles. The van der Waals surface area contributed by atoms with E-state index >= 15 is 0 Å². The number of hydrogen-bond donors (Lipinski definition) is 2. The Labute approximate surface area is 162 Å². The van der Waals surface area contributed by atoms with Crippen molar-refractivity contribution in [3.63, 3.8) is 0 Å². The van der Waals surface area contributed by atoms with Crippen LogP contribution in [0, 0.1) is 0 Å². The number of fused-ring (bicyclic) bond motifs is 2. The van der Waals surface area contributed by atoms with Crippen LogP contribution in [0.25, 0.3) is 11.0 Å². The van der Waals surface area contributed by atoms with Crippen molar-refractivity contribution < 1.29 is 4.79 Å². The number of benzene rings is 1. The van der Waals surface area contributed by atoms with Crippen molar-refractivity contribution in [1.82, 2.24) is 30.9 Å². The van der Waals surface area contributed by atoms with Crippen LogP contribution in [0.5, 0.6) is 0 Å². The van der Waals surface area contributed by atoms with Crippen LogP contribution in [-0.4, -0.2) is 50.6 Å². The average molecular weight is 377 g/mol. The van der Waals surface area contributed by atoms with E-state index in [1.165, 1.54) is 24.1 Å². The molecule has 0 atom stereocenters. The Kier molecular flexibility index (Phi) is 4.38. The number of H-pyrrole nitrogens is 1. The highest BCUT2D eigenvalue weighted by molar-refractivity contribution is 5.97. The maximum absolute atomic E-state index is 12.6. The van der Waals surface area contributed by atoms with Crippen molar-refractivity contribution in [3.05, 3.63) is 41.1 Å². The number of anilines is 1. The van der Waals surface area contributed by atoms with Crippen molar-refractivity contribution in [2.24, 2.45) is 0 Å². The van der Waals surface area contributed by atoms with Crippen molar-refractivity contribution >= 4 is 22.8 Å². The predicted octanol–water partition coefficient (Wildman–Crippen LogP) is 2.03. The normalized spacial score (nSPS) is 17.5. The van der Waals surface area contributed by atoms with E-state index in [9.17, 15) is 4.79 Å². The number of amides is 1. The van der Waals surface area contributed by atoms with Gasteiger partial charge in [0.1, 0.15) is 11.0 Å². The molecule has 144 valence electrons. The maximum atomic E-state index is 12.6. The van der Waals surface area contributed by atoms with Gasteiger partial charge in [0, 0.05) is 24.7 Å². The van der Waals surface area contributed by atoms with Crippen LogP contribution in [0.15, 0.2) is 24.3 Å². The van der Waals surface area contributed by atoms with Crippen LogP contribution in [-0.2, 0) is 12.8 Å². The fourth-order valence-electron chi connectivity index (χ4n) is 4.14. The van der Waals surface area contributed by atoms with E-state index in [0.717, 1.165) is 50.1 Å². The first-order valence-corrected chi connectivity index (χ1v) is 9.98. The summed E-state index contributed by atoms with van der Waals surface area (Å²) < 4.78 is 0. The second-order valence-electron chi connectivity index (χ2n) is 7.64. The molecule has 1 amide bonds. The number of nitrogens with one attached hydrogen (secondary N) is 2. The summed E-state index contributed by atoms with van der Waals surface area (Å²) >= 11 is 0. The Morgan fingerprint density at radius 2 is 1.86 bits per heavy atom. The highest BCUT2D eigenvalue weighted by Crippen LogP contribution is 2.24. The predicted molar refractivity (Wildman–Crippen MR) is 105 cm³/mol. The fraction of sp³-hybridized carbons (Fsp3) is 0.450. The number of hydrogen-bond acceptors (Lipinski definition) is 6. The van der Waals surface area contributed by atoms with Gasteiger partial charge in [-0.25, -0.2) is 0 Å². The number of carbonyl (C=O) groups is 1. The van der Waals surface area contributed by atoms with E-state index in [1.807, 2.05) is 6.07 Å². The van der Waals surface area contributed by atoms with Gasteiger partial charge in [0.15, 0.2) is 5.82 Å². The summed E-state index contributed by atoms with van der Waals surface area (Å²) in [5, 5.41) is 22.7. The molecule has 1 aliphatic heterocycles. The van der Waals surface area contributed by atoms with Crippen LogP contribution in [0.1, 0.15) is 47.3 Å². The van der Waals surface area contributed by atoms with E-state index in [-0.39, 0.29) is 11.9 Å². The molecule has 2 N–H and O–H groups in total. The summed E-state index contributed by atoms with van der Waals surface area (Å²) in [6.07, 6.45) is 6.42. The largest absolute Gasteiger partial charge is 0.355 e. The van der Waals surface area contributed by atoms with Crippen LogP contribution in [0.4, 0.5) is 5.82 Å². The Hall–Kier alpha value is -3.03. The standard InChI is InChI=1S/C20H23N7O/c28-20(14-5-6-17-18(11-14)24-26-23-17)21-15-7-9-27(10-8-15)19-12-13-3-1-2-4-16(13)22-25-19/h5-6,11-12,15H,1-4,7-10H2,(H,21,28)(H,23,24,26). The molecule has 2 aliphatic rings. The summed E-state index contributed by atoms with van der Waals surface area (Å²) in [7, 11) is 0. The van der Waals surface area contributed by atoms with E-state index in [2.05, 4.69) is 41.9 Å². The van der Waals surface area contributed by atoms with Gasteiger partial charge in [-0.3, -0.25) is 4.79 Å². The number of aromatic nitrogens is 5. The van der Waals surface area contributed by atoms with Gasteiger partial charge in [0.05, 0.1) is 5.69 Å². The second kappa shape index (κ2) is 7.18. The number of nitrogens with zero attached hydrogens (tertiary/aromatic N) is 5. The summed E-state index contributed by atoms with van der Waals surface area (Å²) in [5.41, 5.74) is 4.60. The smallest absolute Gasteiger partial charge is 0.251 e. The third kappa shape index (κ3) is 3.30. The Morgan fingerprint density at radius 3 is 2.75 bits per heavy atom. The van der Waals surface area contributed by atoms with Gasteiger partial charge in [-0.1, -0.05) is 0 Å². The van der Waals surface area contributed by atoms with E-state index in [0.29, 0.717) is 11.1 Å². The minimum atomic E-state index is -0.0584. The zero-order valence-corrected chi connectivity index (χ0v) is 15.7. The third-order valence-electron chi connectivity index (χ3n) is 5.79. The molecule has 3 heterocycles. The van der Waals surface area contributed by atoms with Gasteiger partial charge in [-0.15, -0.1) is 5.10 Å². The number of aromatic amines is 1. The minimum Gasteiger partial charge on any atom is -0.355 e. The first kappa shape index (κ1) is 17.1. The zero-order valence-electron chi connectivity index (χ0n) is 15.7. The van der Waals surface area contributed by atoms with Gasteiger partial charge in [-0.2, -0.15) is 20.5 Å². The third-order valence-corrected chi connectivity index (χ3v) is 5.79. The Morgan fingerprint density at radius 1 is 1.04 bits per heavy atom. The van der Waals surface area contributed by atoms with Crippen molar-refractivity contribution in [1.29, 1.82) is 0 Å². The second-order valence-corrected chi connectivity index (χ2v) is 7.64. The van der Waals surface area contributed by atoms with E-state index < -0.39 is 0 Å². The van der Waals surface area contributed by atoms with Crippen molar-refractivity contribution in [2.75, 3.05) is 18.0 Å². The lowest BCUT2D eigenvalue weighted by molar-refractivity contribution is 0.0931. The molecule has 28 heavy (non-hydrogen) atoms. The molecular formula is C20H23N7O. The highest BCUT2D eigenvalue weighted by atomic mass is 16.1. The number of piperidine rings is 1.